The third-order valence-electron chi connectivity index (χ3n) is 2.55. The number of rotatable bonds is 7. The molecule has 22 heavy (non-hydrogen) atoms. The third kappa shape index (κ3) is 4.74. The van der Waals surface area contributed by atoms with Crippen LogP contribution in [0, 0.1) is 11.3 Å². The summed E-state index contributed by atoms with van der Waals surface area (Å²) in [5.41, 5.74) is 0.603. The van der Waals surface area contributed by atoms with Crippen molar-refractivity contribution in [2.45, 2.75) is 13.8 Å². The minimum Gasteiger partial charge on any atom is -0.504 e. The van der Waals surface area contributed by atoms with E-state index in [4.69, 9.17) is 14.3 Å². The van der Waals surface area contributed by atoms with Crippen molar-refractivity contribution in [3.05, 3.63) is 41.2 Å². The van der Waals surface area contributed by atoms with Crippen LogP contribution in [0.1, 0.15) is 19.4 Å². The molecule has 0 radical (unpaired) electrons. The zero-order valence-electron chi connectivity index (χ0n) is 12.4. The highest BCUT2D eigenvalue weighted by Crippen LogP contribution is 2.55. The largest absolute Gasteiger partial charge is 0.504 e. The van der Waals surface area contributed by atoms with Crippen LogP contribution in [-0.2, 0) is 13.6 Å². The topological polar surface area (TPSA) is 99.8 Å². The highest BCUT2D eigenvalue weighted by Gasteiger charge is 2.29. The first-order valence-electron chi connectivity index (χ1n) is 6.67. The molecule has 0 spiro atoms. The lowest BCUT2D eigenvalue weighted by Crippen LogP contribution is -1.97. The predicted octanol–water partition coefficient (Wildman–Crippen LogP) is 3.78. The minimum atomic E-state index is -3.61. The Hall–Kier alpha value is -2.06. The predicted molar refractivity (Wildman–Crippen MR) is 83.4 cm³/mol. The van der Waals surface area contributed by atoms with Crippen molar-refractivity contribution in [3.8, 4) is 17.6 Å². The molecule has 0 aliphatic carbocycles. The van der Waals surface area contributed by atoms with Crippen LogP contribution < -0.4 is 0 Å². The molecule has 0 amide bonds. The normalized spacial score (nSPS) is 12.5. The third-order valence-corrected chi connectivity index (χ3v) is 4.59. The van der Waals surface area contributed by atoms with Gasteiger partial charge >= 0.3 is 7.60 Å². The van der Waals surface area contributed by atoms with E-state index in [-0.39, 0.29) is 30.0 Å². The van der Waals surface area contributed by atoms with Crippen molar-refractivity contribution < 1.29 is 23.8 Å². The van der Waals surface area contributed by atoms with Gasteiger partial charge in [-0.1, -0.05) is 18.2 Å². The molecule has 0 saturated carbocycles. The number of aromatic hydroxyl groups is 2. The van der Waals surface area contributed by atoms with Gasteiger partial charge in [-0.3, -0.25) is 4.57 Å². The second kappa shape index (κ2) is 8.40. The first kappa shape index (κ1) is 18.0. The molecule has 1 aromatic rings. The minimum absolute atomic E-state index is 0.101. The summed E-state index contributed by atoms with van der Waals surface area (Å²) in [6, 6.07) is 6.11. The van der Waals surface area contributed by atoms with Gasteiger partial charge in [0.15, 0.2) is 11.5 Å². The highest BCUT2D eigenvalue weighted by molar-refractivity contribution is 7.58. The molecule has 0 heterocycles. The maximum absolute atomic E-state index is 12.4. The molecular weight excluding hydrogens is 305 g/mol. The van der Waals surface area contributed by atoms with Crippen molar-refractivity contribution in [2.24, 2.45) is 0 Å². The summed E-state index contributed by atoms with van der Waals surface area (Å²) in [4.78, 5) is 0. The standard InChI is InChI=1S/C15H18NO5P/c1-3-20-22(19,21-4-2)13(11-16)7-5-6-12-8-9-14(17)15(18)10-12/h5-10,17-18H,3-4H2,1-2H3/b6-5+,13-7+. The van der Waals surface area contributed by atoms with E-state index in [9.17, 15) is 14.8 Å². The van der Waals surface area contributed by atoms with E-state index in [0.29, 0.717) is 5.56 Å². The molecule has 0 aromatic heterocycles. The maximum Gasteiger partial charge on any atom is 0.371 e. The fourth-order valence-electron chi connectivity index (χ4n) is 1.60. The average Bonchev–Trinajstić information content (AvgIpc) is 2.47. The Morgan fingerprint density at radius 1 is 1.27 bits per heavy atom. The fourth-order valence-corrected chi connectivity index (χ4v) is 3.02. The Morgan fingerprint density at radius 2 is 1.91 bits per heavy atom. The van der Waals surface area contributed by atoms with Crippen LogP contribution in [-0.4, -0.2) is 23.4 Å². The van der Waals surface area contributed by atoms with Crippen LogP contribution in [0.5, 0.6) is 11.5 Å². The fraction of sp³-hybridized carbons (Fsp3) is 0.267. The summed E-state index contributed by atoms with van der Waals surface area (Å²) in [5.74, 6) is -0.469. The quantitative estimate of drug-likeness (QED) is 0.343. The first-order valence-corrected chi connectivity index (χ1v) is 8.21. The van der Waals surface area contributed by atoms with Gasteiger partial charge in [0.25, 0.3) is 0 Å². The first-order chi connectivity index (χ1) is 10.5. The van der Waals surface area contributed by atoms with Crippen LogP contribution in [0.4, 0.5) is 0 Å². The lowest BCUT2D eigenvalue weighted by atomic mass is 10.2. The zero-order chi connectivity index (χ0) is 16.6. The Balaban J connectivity index is 3.01. The van der Waals surface area contributed by atoms with Crippen LogP contribution in [0.2, 0.25) is 0 Å². The smallest absolute Gasteiger partial charge is 0.371 e. The summed E-state index contributed by atoms with van der Waals surface area (Å²) in [6.45, 7) is 3.64. The van der Waals surface area contributed by atoms with E-state index in [1.807, 2.05) is 6.07 Å². The van der Waals surface area contributed by atoms with Gasteiger partial charge in [0.1, 0.15) is 11.4 Å². The van der Waals surface area contributed by atoms with Gasteiger partial charge in [0.05, 0.1) is 13.2 Å². The molecule has 0 fully saturated rings. The average molecular weight is 323 g/mol. The van der Waals surface area contributed by atoms with Crippen LogP contribution in [0.25, 0.3) is 6.08 Å². The Labute approximate surface area is 129 Å². The van der Waals surface area contributed by atoms with Gasteiger partial charge in [0.2, 0.25) is 0 Å². The SMILES string of the molecule is CCOP(=O)(OCC)/C(C#N)=C/C=C/c1ccc(O)c(O)c1. The molecule has 0 aliphatic rings. The van der Waals surface area contributed by atoms with Crippen molar-refractivity contribution in [1.29, 1.82) is 5.26 Å². The number of nitrogens with zero attached hydrogens (tertiary/aromatic N) is 1. The van der Waals surface area contributed by atoms with Crippen molar-refractivity contribution >= 4 is 13.7 Å². The molecule has 0 bridgehead atoms. The molecule has 0 unspecified atom stereocenters. The Morgan fingerprint density at radius 3 is 2.41 bits per heavy atom. The highest BCUT2D eigenvalue weighted by atomic mass is 31.2. The van der Waals surface area contributed by atoms with E-state index in [1.165, 1.54) is 24.3 Å². The Kier molecular flexibility index (Phi) is 6.87. The lowest BCUT2D eigenvalue weighted by molar-refractivity contribution is 0.227. The molecule has 1 rings (SSSR count). The summed E-state index contributed by atoms with van der Waals surface area (Å²) < 4.78 is 22.6. The van der Waals surface area contributed by atoms with Crippen molar-refractivity contribution in [2.75, 3.05) is 13.2 Å². The monoisotopic (exact) mass is 323 g/mol. The van der Waals surface area contributed by atoms with Gasteiger partial charge in [-0.2, -0.15) is 5.26 Å². The van der Waals surface area contributed by atoms with Crippen molar-refractivity contribution in [1.82, 2.24) is 0 Å². The molecule has 0 saturated heterocycles. The van der Waals surface area contributed by atoms with Crippen molar-refractivity contribution in [3.63, 3.8) is 0 Å². The molecule has 0 atom stereocenters. The number of nitriles is 1. The van der Waals surface area contributed by atoms with E-state index in [0.717, 1.165) is 0 Å². The van der Waals surface area contributed by atoms with Gasteiger partial charge in [-0.15, -0.1) is 0 Å². The second-order valence-electron chi connectivity index (χ2n) is 4.10. The summed E-state index contributed by atoms with van der Waals surface area (Å²) in [5, 5.41) is 27.6. The molecule has 7 heteroatoms. The molecule has 6 nitrogen and oxygen atoms in total. The molecule has 118 valence electrons. The maximum atomic E-state index is 12.4. The van der Waals surface area contributed by atoms with E-state index in [2.05, 4.69) is 0 Å². The van der Waals surface area contributed by atoms with Gasteiger partial charge in [-0.25, -0.2) is 0 Å². The molecule has 1 aromatic carbocycles. The number of phenolic OH excluding ortho intramolecular Hbond substituents is 2. The van der Waals surface area contributed by atoms with Gasteiger partial charge in [0, 0.05) is 0 Å². The van der Waals surface area contributed by atoms with E-state index < -0.39 is 7.60 Å². The second-order valence-corrected chi connectivity index (χ2v) is 6.10. The summed E-state index contributed by atoms with van der Waals surface area (Å²) in [7, 11) is -3.61. The number of phenols is 2. The van der Waals surface area contributed by atoms with E-state index in [1.54, 1.807) is 26.0 Å². The molecule has 2 N–H and O–H groups in total. The van der Waals surface area contributed by atoms with Crippen LogP contribution in [0.15, 0.2) is 35.7 Å². The van der Waals surface area contributed by atoms with Gasteiger partial charge < -0.3 is 19.3 Å². The van der Waals surface area contributed by atoms with Gasteiger partial charge in [-0.05, 0) is 37.6 Å². The molecule has 0 aliphatic heterocycles. The summed E-state index contributed by atoms with van der Waals surface area (Å²) >= 11 is 0. The summed E-state index contributed by atoms with van der Waals surface area (Å²) in [6.07, 6.45) is 4.42. The lowest BCUT2D eigenvalue weighted by Gasteiger charge is -2.15. The zero-order valence-corrected chi connectivity index (χ0v) is 13.3. The number of hydrogen-bond acceptors (Lipinski definition) is 6. The number of benzene rings is 1. The Bertz CT molecular complexity index is 650. The number of allylic oxidation sites excluding steroid dienone is 3. The molecular formula is C15H18NO5P. The number of hydrogen-bond donors (Lipinski definition) is 2. The van der Waals surface area contributed by atoms with Crippen LogP contribution in [0.3, 0.4) is 0 Å². The van der Waals surface area contributed by atoms with Crippen LogP contribution >= 0.6 is 7.60 Å². The van der Waals surface area contributed by atoms with E-state index >= 15 is 0 Å².